The molecular weight excluding hydrogens is 406 g/mol. The molecule has 0 saturated heterocycles. The Morgan fingerprint density at radius 2 is 1.94 bits per heavy atom. The Morgan fingerprint density at radius 3 is 2.69 bits per heavy atom. The third-order valence-corrected chi connectivity index (χ3v) is 6.90. The number of fused-ring (bicyclic) bond motifs is 3. The first kappa shape index (κ1) is 20.7. The maximum Gasteiger partial charge on any atom is 0.276 e. The molecule has 1 atom stereocenters. The maximum absolute atomic E-state index is 13.8. The molecule has 1 aliphatic carbocycles. The van der Waals surface area contributed by atoms with E-state index in [1.54, 1.807) is 30.4 Å². The van der Waals surface area contributed by atoms with Crippen molar-refractivity contribution in [1.82, 2.24) is 9.88 Å². The summed E-state index contributed by atoms with van der Waals surface area (Å²) < 4.78 is 12.8. The number of methoxy groups -OCH3 is 1. The van der Waals surface area contributed by atoms with Crippen molar-refractivity contribution < 1.29 is 18.7 Å². The highest BCUT2D eigenvalue weighted by atomic mass is 16.5. The number of furan rings is 1. The van der Waals surface area contributed by atoms with Crippen molar-refractivity contribution in [3.63, 3.8) is 0 Å². The Labute approximate surface area is 187 Å². The third-order valence-electron chi connectivity index (χ3n) is 6.90. The van der Waals surface area contributed by atoms with Crippen LogP contribution in [0, 0.1) is 0 Å². The second-order valence-electron chi connectivity index (χ2n) is 9.06. The minimum atomic E-state index is -1.11. The number of carbonyl (C=O) groups is 2. The van der Waals surface area contributed by atoms with E-state index in [-0.39, 0.29) is 17.9 Å². The summed E-state index contributed by atoms with van der Waals surface area (Å²) in [6.07, 6.45) is 8.24. The zero-order chi connectivity index (χ0) is 22.3. The SMILES string of the molecule is COc1cccc(N2C(=O)c3cc4occc4n3C[C@@]2(C)C(=O)NC2CCCCCC2)c1. The van der Waals surface area contributed by atoms with Crippen molar-refractivity contribution >= 4 is 28.6 Å². The van der Waals surface area contributed by atoms with Gasteiger partial charge in [-0.1, -0.05) is 31.7 Å². The topological polar surface area (TPSA) is 76.7 Å². The second-order valence-corrected chi connectivity index (χ2v) is 9.06. The summed E-state index contributed by atoms with van der Waals surface area (Å²) in [5.41, 5.74) is 1.52. The van der Waals surface area contributed by atoms with Crippen LogP contribution in [0.2, 0.25) is 0 Å². The molecule has 5 rings (SSSR count). The van der Waals surface area contributed by atoms with E-state index in [4.69, 9.17) is 9.15 Å². The molecule has 1 aromatic carbocycles. The van der Waals surface area contributed by atoms with Crippen LogP contribution in [0.15, 0.2) is 47.1 Å². The highest BCUT2D eigenvalue weighted by Crippen LogP contribution is 2.37. The normalized spacial score (nSPS) is 21.9. The van der Waals surface area contributed by atoms with Crippen LogP contribution in [0.3, 0.4) is 0 Å². The van der Waals surface area contributed by atoms with Crippen LogP contribution in [-0.2, 0) is 11.3 Å². The number of rotatable bonds is 4. The molecule has 2 aliphatic rings. The van der Waals surface area contributed by atoms with Gasteiger partial charge in [-0.25, -0.2) is 0 Å². The molecule has 1 saturated carbocycles. The molecule has 0 radical (unpaired) electrons. The molecule has 168 valence electrons. The van der Waals surface area contributed by atoms with E-state index in [2.05, 4.69) is 5.32 Å². The van der Waals surface area contributed by atoms with Crippen molar-refractivity contribution in [3.05, 3.63) is 48.4 Å². The van der Waals surface area contributed by atoms with Gasteiger partial charge in [0.05, 0.1) is 25.4 Å². The first-order valence-electron chi connectivity index (χ1n) is 11.4. The average molecular weight is 436 g/mol. The number of aromatic nitrogens is 1. The van der Waals surface area contributed by atoms with Crippen LogP contribution in [0.5, 0.6) is 5.75 Å². The van der Waals surface area contributed by atoms with Gasteiger partial charge in [-0.3, -0.25) is 14.5 Å². The monoisotopic (exact) mass is 435 g/mol. The Kier molecular flexibility index (Phi) is 5.19. The van der Waals surface area contributed by atoms with Gasteiger partial charge in [0.25, 0.3) is 5.91 Å². The molecule has 1 fully saturated rings. The second kappa shape index (κ2) is 8.04. The molecule has 7 heteroatoms. The van der Waals surface area contributed by atoms with Crippen LogP contribution in [-0.4, -0.2) is 35.1 Å². The first-order valence-corrected chi connectivity index (χ1v) is 11.4. The number of carbonyl (C=O) groups excluding carboxylic acids is 2. The smallest absolute Gasteiger partial charge is 0.276 e. The maximum atomic E-state index is 13.8. The highest BCUT2D eigenvalue weighted by molar-refractivity contribution is 6.13. The minimum absolute atomic E-state index is 0.128. The molecule has 2 aromatic heterocycles. The van der Waals surface area contributed by atoms with E-state index in [0.717, 1.165) is 31.2 Å². The van der Waals surface area contributed by atoms with Gasteiger partial charge in [-0.05, 0) is 31.9 Å². The fourth-order valence-corrected chi connectivity index (χ4v) is 5.13. The molecule has 3 heterocycles. The van der Waals surface area contributed by atoms with E-state index in [1.165, 1.54) is 12.8 Å². The quantitative estimate of drug-likeness (QED) is 0.612. The van der Waals surface area contributed by atoms with E-state index in [0.29, 0.717) is 29.3 Å². The van der Waals surface area contributed by atoms with Crippen LogP contribution < -0.4 is 15.0 Å². The van der Waals surface area contributed by atoms with Gasteiger partial charge in [0.15, 0.2) is 5.58 Å². The molecule has 3 aromatic rings. The minimum Gasteiger partial charge on any atom is -0.497 e. The molecule has 0 bridgehead atoms. The number of amides is 2. The summed E-state index contributed by atoms with van der Waals surface area (Å²) in [7, 11) is 1.59. The van der Waals surface area contributed by atoms with Crippen molar-refractivity contribution in [1.29, 1.82) is 0 Å². The van der Waals surface area contributed by atoms with E-state index in [1.807, 2.05) is 35.8 Å². The first-order chi connectivity index (χ1) is 15.5. The van der Waals surface area contributed by atoms with E-state index < -0.39 is 5.54 Å². The van der Waals surface area contributed by atoms with Gasteiger partial charge in [0, 0.05) is 29.9 Å². The van der Waals surface area contributed by atoms with Gasteiger partial charge in [0.2, 0.25) is 5.91 Å². The van der Waals surface area contributed by atoms with Gasteiger partial charge >= 0.3 is 0 Å². The van der Waals surface area contributed by atoms with Gasteiger partial charge in [-0.15, -0.1) is 0 Å². The number of ether oxygens (including phenoxy) is 1. The molecule has 0 spiro atoms. The summed E-state index contributed by atoms with van der Waals surface area (Å²) in [6.45, 7) is 2.19. The van der Waals surface area contributed by atoms with Crippen molar-refractivity contribution in [2.45, 2.75) is 63.6 Å². The third kappa shape index (κ3) is 3.36. The molecule has 1 aliphatic heterocycles. The number of benzene rings is 1. The molecule has 2 amide bonds. The fraction of sp³-hybridized carbons (Fsp3) is 0.440. The number of nitrogens with one attached hydrogen (secondary N) is 1. The standard InChI is InChI=1S/C25H29N3O4/c1-25(24(30)26-17-8-5-3-4-6-9-17)16-27-20-12-13-32-22(20)15-21(27)23(29)28(25)18-10-7-11-19(14-18)31-2/h7,10-15,17H,3-6,8-9,16H2,1-2H3,(H,26,30)/t25-/m0/s1. The van der Waals surface area contributed by atoms with Crippen LogP contribution >= 0.6 is 0 Å². The summed E-state index contributed by atoms with van der Waals surface area (Å²) in [5.74, 6) is 0.280. The largest absolute Gasteiger partial charge is 0.497 e. The van der Waals surface area contributed by atoms with Crippen LogP contribution in [0.4, 0.5) is 5.69 Å². The number of anilines is 1. The highest BCUT2D eigenvalue weighted by Gasteiger charge is 2.49. The van der Waals surface area contributed by atoms with Gasteiger partial charge in [0.1, 0.15) is 17.0 Å². The van der Waals surface area contributed by atoms with E-state index >= 15 is 0 Å². The molecular formula is C25H29N3O4. The number of hydrogen-bond donors (Lipinski definition) is 1. The van der Waals surface area contributed by atoms with Gasteiger partial charge in [-0.2, -0.15) is 0 Å². The zero-order valence-corrected chi connectivity index (χ0v) is 18.6. The summed E-state index contributed by atoms with van der Waals surface area (Å²) in [6, 6.07) is 11.1. The van der Waals surface area contributed by atoms with Crippen molar-refractivity contribution in [2.75, 3.05) is 12.0 Å². The predicted octanol–water partition coefficient (Wildman–Crippen LogP) is 4.50. The van der Waals surface area contributed by atoms with Crippen molar-refractivity contribution in [2.24, 2.45) is 0 Å². The Balaban J connectivity index is 1.58. The lowest BCUT2D eigenvalue weighted by molar-refractivity contribution is -0.127. The number of hydrogen-bond acceptors (Lipinski definition) is 4. The Hall–Kier alpha value is -3.22. The lowest BCUT2D eigenvalue weighted by atomic mass is 9.92. The molecule has 0 unspecified atom stereocenters. The summed E-state index contributed by atoms with van der Waals surface area (Å²) in [5, 5.41) is 3.28. The fourth-order valence-electron chi connectivity index (χ4n) is 5.13. The lowest BCUT2D eigenvalue weighted by Gasteiger charge is -2.44. The van der Waals surface area contributed by atoms with Crippen LogP contribution in [0.25, 0.3) is 11.1 Å². The Morgan fingerprint density at radius 1 is 1.16 bits per heavy atom. The molecule has 7 nitrogen and oxygen atoms in total. The van der Waals surface area contributed by atoms with Crippen LogP contribution in [0.1, 0.15) is 55.9 Å². The Bertz CT molecular complexity index is 1160. The zero-order valence-electron chi connectivity index (χ0n) is 18.6. The van der Waals surface area contributed by atoms with Crippen molar-refractivity contribution in [3.8, 4) is 5.75 Å². The average Bonchev–Trinajstić information content (AvgIpc) is 3.28. The number of nitrogens with zero attached hydrogens (tertiary/aromatic N) is 2. The molecule has 1 N–H and O–H groups in total. The summed E-state index contributed by atoms with van der Waals surface area (Å²) >= 11 is 0. The van der Waals surface area contributed by atoms with E-state index in [9.17, 15) is 9.59 Å². The summed E-state index contributed by atoms with van der Waals surface area (Å²) in [4.78, 5) is 29.2. The predicted molar refractivity (Wildman–Crippen MR) is 122 cm³/mol. The van der Waals surface area contributed by atoms with Gasteiger partial charge < -0.3 is 19.0 Å². The molecule has 32 heavy (non-hydrogen) atoms. The lowest BCUT2D eigenvalue weighted by Crippen LogP contribution is -2.65.